The van der Waals surface area contributed by atoms with Crippen LogP contribution in [-0.4, -0.2) is 25.5 Å². The Bertz CT molecular complexity index is 447. The highest BCUT2D eigenvalue weighted by Crippen LogP contribution is 2.28. The number of benzene rings is 1. The van der Waals surface area contributed by atoms with Crippen molar-refractivity contribution in [3.63, 3.8) is 0 Å². The molecule has 0 aromatic heterocycles. The predicted molar refractivity (Wildman–Crippen MR) is 77.9 cm³/mol. The fourth-order valence-corrected chi connectivity index (χ4v) is 2.93. The Morgan fingerprint density at radius 3 is 2.94 bits per heavy atom. The van der Waals surface area contributed by atoms with Gasteiger partial charge in [-0.15, -0.1) is 0 Å². The van der Waals surface area contributed by atoms with Crippen molar-refractivity contribution in [2.24, 2.45) is 5.92 Å². The van der Waals surface area contributed by atoms with Crippen molar-refractivity contribution in [2.45, 2.75) is 20.3 Å². The van der Waals surface area contributed by atoms with Crippen molar-refractivity contribution in [3.8, 4) is 0 Å². The molecule has 1 unspecified atom stereocenters. The molecule has 1 aliphatic rings. The maximum Gasteiger partial charge on any atom is 0.228 e. The summed E-state index contributed by atoms with van der Waals surface area (Å²) < 4.78 is 0.997. The molecular weight excluding hydrogens is 292 g/mol. The van der Waals surface area contributed by atoms with E-state index in [4.69, 9.17) is 0 Å². The van der Waals surface area contributed by atoms with Gasteiger partial charge in [0.2, 0.25) is 5.91 Å². The number of hydrogen-bond acceptors (Lipinski definition) is 2. The predicted octanol–water partition coefficient (Wildman–Crippen LogP) is 2.72. The molecular formula is C14H19BrN2O. The van der Waals surface area contributed by atoms with Gasteiger partial charge in [-0.25, -0.2) is 0 Å². The zero-order valence-corrected chi connectivity index (χ0v) is 12.5. The van der Waals surface area contributed by atoms with Gasteiger partial charge in [0.25, 0.3) is 0 Å². The minimum absolute atomic E-state index is 0.193. The van der Waals surface area contributed by atoms with Crippen molar-refractivity contribution in [2.75, 3.05) is 24.5 Å². The molecule has 3 nitrogen and oxygen atoms in total. The second kappa shape index (κ2) is 5.85. The Labute approximate surface area is 117 Å². The molecule has 0 spiro atoms. The highest BCUT2D eigenvalue weighted by atomic mass is 79.9. The van der Waals surface area contributed by atoms with Gasteiger partial charge in [0, 0.05) is 24.0 Å². The highest BCUT2D eigenvalue weighted by Gasteiger charge is 2.22. The first-order valence-electron chi connectivity index (χ1n) is 6.35. The van der Waals surface area contributed by atoms with Gasteiger partial charge in [0.15, 0.2) is 0 Å². The molecule has 1 atom stereocenters. The van der Waals surface area contributed by atoms with Crippen molar-refractivity contribution in [3.05, 3.63) is 28.2 Å². The van der Waals surface area contributed by atoms with Gasteiger partial charge >= 0.3 is 0 Å². The number of amides is 1. The van der Waals surface area contributed by atoms with Crippen LogP contribution < -0.4 is 10.2 Å². The Morgan fingerprint density at radius 2 is 2.22 bits per heavy atom. The highest BCUT2D eigenvalue weighted by molar-refractivity contribution is 9.10. The third-order valence-electron chi connectivity index (χ3n) is 3.20. The average Bonchev–Trinajstić information content (AvgIpc) is 2.30. The smallest absolute Gasteiger partial charge is 0.228 e. The van der Waals surface area contributed by atoms with E-state index in [0.717, 1.165) is 29.8 Å². The summed E-state index contributed by atoms with van der Waals surface area (Å²) >= 11 is 3.57. The summed E-state index contributed by atoms with van der Waals surface area (Å²) in [6.07, 6.45) is 0.563. The molecule has 0 saturated carbocycles. The molecule has 1 N–H and O–H groups in total. The Morgan fingerprint density at radius 1 is 1.44 bits per heavy atom. The molecule has 1 aromatic rings. The molecule has 1 amide bonds. The largest absolute Gasteiger partial charge is 0.316 e. The molecule has 1 aromatic carbocycles. The minimum Gasteiger partial charge on any atom is -0.316 e. The zero-order valence-electron chi connectivity index (χ0n) is 10.9. The van der Waals surface area contributed by atoms with Gasteiger partial charge in [-0.3, -0.25) is 4.79 Å². The van der Waals surface area contributed by atoms with Crippen LogP contribution in [0.4, 0.5) is 5.69 Å². The number of rotatable bonds is 1. The quantitative estimate of drug-likeness (QED) is 0.865. The van der Waals surface area contributed by atoms with Crippen LogP contribution in [0.1, 0.15) is 18.9 Å². The molecule has 0 radical (unpaired) electrons. The Hall–Kier alpha value is -0.870. The topological polar surface area (TPSA) is 32.3 Å². The van der Waals surface area contributed by atoms with E-state index < -0.39 is 0 Å². The number of anilines is 1. The third kappa shape index (κ3) is 3.12. The lowest BCUT2D eigenvalue weighted by molar-refractivity contribution is -0.118. The van der Waals surface area contributed by atoms with E-state index >= 15 is 0 Å². The van der Waals surface area contributed by atoms with Gasteiger partial charge < -0.3 is 10.2 Å². The van der Waals surface area contributed by atoms with Crippen molar-refractivity contribution >= 4 is 27.5 Å². The van der Waals surface area contributed by atoms with Crippen molar-refractivity contribution < 1.29 is 4.79 Å². The van der Waals surface area contributed by atoms with Gasteiger partial charge in [0.1, 0.15) is 0 Å². The molecule has 1 aliphatic heterocycles. The maximum absolute atomic E-state index is 12.2. The number of nitrogens with zero attached hydrogens (tertiary/aromatic N) is 1. The van der Waals surface area contributed by atoms with Crippen LogP contribution in [0.2, 0.25) is 0 Å². The Balaban J connectivity index is 2.29. The summed E-state index contributed by atoms with van der Waals surface area (Å²) in [6.45, 7) is 6.72. The monoisotopic (exact) mass is 310 g/mol. The summed E-state index contributed by atoms with van der Waals surface area (Å²) in [5, 5.41) is 3.30. The number of aryl methyl sites for hydroxylation is 1. The summed E-state index contributed by atoms with van der Waals surface area (Å²) in [5.41, 5.74) is 2.18. The summed E-state index contributed by atoms with van der Waals surface area (Å²) in [4.78, 5) is 14.1. The minimum atomic E-state index is 0.193. The van der Waals surface area contributed by atoms with Gasteiger partial charge in [-0.1, -0.05) is 13.0 Å². The van der Waals surface area contributed by atoms with Crippen LogP contribution in [0.3, 0.4) is 0 Å². The Kier molecular flexibility index (Phi) is 4.40. The maximum atomic E-state index is 12.2. The first kappa shape index (κ1) is 13.6. The number of nitrogens with one attached hydrogen (secondary N) is 1. The normalized spacial score (nSPS) is 21.6. The molecule has 1 heterocycles. The van der Waals surface area contributed by atoms with E-state index in [1.165, 1.54) is 5.56 Å². The van der Waals surface area contributed by atoms with E-state index in [-0.39, 0.29) is 5.91 Å². The molecule has 18 heavy (non-hydrogen) atoms. The molecule has 1 fully saturated rings. The van der Waals surface area contributed by atoms with E-state index in [1.807, 2.05) is 11.0 Å². The SMILES string of the molecule is Cc1ccc(N2CC(C)CNCCC2=O)c(Br)c1. The second-order valence-electron chi connectivity index (χ2n) is 5.02. The van der Waals surface area contributed by atoms with E-state index in [1.54, 1.807) is 0 Å². The van der Waals surface area contributed by atoms with Crippen LogP contribution in [0.5, 0.6) is 0 Å². The number of carbonyl (C=O) groups excluding carboxylic acids is 1. The first-order valence-corrected chi connectivity index (χ1v) is 7.14. The fourth-order valence-electron chi connectivity index (χ4n) is 2.22. The van der Waals surface area contributed by atoms with Gasteiger partial charge in [-0.2, -0.15) is 0 Å². The number of carbonyl (C=O) groups is 1. The second-order valence-corrected chi connectivity index (χ2v) is 5.87. The fraction of sp³-hybridized carbons (Fsp3) is 0.500. The zero-order chi connectivity index (χ0) is 13.1. The lowest BCUT2D eigenvalue weighted by Crippen LogP contribution is -2.42. The molecule has 0 bridgehead atoms. The van der Waals surface area contributed by atoms with Crippen LogP contribution in [0.25, 0.3) is 0 Å². The lowest BCUT2D eigenvalue weighted by atomic mass is 10.1. The van der Waals surface area contributed by atoms with E-state index in [2.05, 4.69) is 47.2 Å². The van der Waals surface area contributed by atoms with Crippen LogP contribution >= 0.6 is 15.9 Å². The summed E-state index contributed by atoms with van der Waals surface area (Å²) in [5.74, 6) is 0.654. The van der Waals surface area contributed by atoms with Crippen molar-refractivity contribution in [1.29, 1.82) is 0 Å². The molecule has 2 rings (SSSR count). The number of halogens is 1. The van der Waals surface area contributed by atoms with E-state index in [9.17, 15) is 4.79 Å². The average molecular weight is 311 g/mol. The first-order chi connectivity index (χ1) is 8.58. The molecule has 4 heteroatoms. The van der Waals surface area contributed by atoms with Crippen LogP contribution in [0, 0.1) is 12.8 Å². The number of hydrogen-bond donors (Lipinski definition) is 1. The van der Waals surface area contributed by atoms with Gasteiger partial charge in [0.05, 0.1) is 5.69 Å². The standard InChI is InChI=1S/C14H19BrN2O/c1-10-3-4-13(12(15)7-10)17-9-11(2)8-16-6-5-14(17)18/h3-4,7,11,16H,5-6,8-9H2,1-2H3. The van der Waals surface area contributed by atoms with Crippen molar-refractivity contribution in [1.82, 2.24) is 5.32 Å². The van der Waals surface area contributed by atoms with Crippen LogP contribution in [0.15, 0.2) is 22.7 Å². The van der Waals surface area contributed by atoms with Crippen LogP contribution in [-0.2, 0) is 4.79 Å². The summed E-state index contributed by atoms with van der Waals surface area (Å²) in [7, 11) is 0. The third-order valence-corrected chi connectivity index (χ3v) is 3.83. The molecule has 98 valence electrons. The summed E-state index contributed by atoms with van der Waals surface area (Å²) in [6, 6.07) is 6.14. The molecule has 1 saturated heterocycles. The van der Waals surface area contributed by atoms with E-state index in [0.29, 0.717) is 12.3 Å². The molecule has 0 aliphatic carbocycles. The lowest BCUT2D eigenvalue weighted by Gasteiger charge is -2.29. The van der Waals surface area contributed by atoms with Gasteiger partial charge in [-0.05, 0) is 53.0 Å².